The van der Waals surface area contributed by atoms with Crippen LogP contribution < -0.4 is 20.2 Å². The van der Waals surface area contributed by atoms with E-state index in [1.807, 2.05) is 20.8 Å². The van der Waals surface area contributed by atoms with Crippen LogP contribution in [0, 0.1) is 0 Å². The average molecular weight is 368 g/mol. The molecule has 2 aromatic rings. The van der Waals surface area contributed by atoms with Crippen LogP contribution in [-0.2, 0) is 11.3 Å². The summed E-state index contributed by atoms with van der Waals surface area (Å²) in [6.07, 6.45) is 3.08. The van der Waals surface area contributed by atoms with Crippen molar-refractivity contribution in [2.24, 2.45) is 0 Å². The van der Waals surface area contributed by atoms with Gasteiger partial charge in [0.25, 0.3) is 5.91 Å². The number of halogens is 1. The van der Waals surface area contributed by atoms with Crippen LogP contribution in [0.1, 0.15) is 26.3 Å². The maximum absolute atomic E-state index is 11.9. The molecule has 2 rings (SSSR count). The third-order valence-electron chi connectivity index (χ3n) is 3.08. The fourth-order valence-corrected chi connectivity index (χ4v) is 2.26. The van der Waals surface area contributed by atoms with Crippen LogP contribution in [-0.4, -0.2) is 40.0 Å². The van der Waals surface area contributed by atoms with E-state index in [-0.39, 0.29) is 18.1 Å². The Bertz CT molecular complexity index is 713. The maximum atomic E-state index is 11.9. The number of amides is 1. The highest BCUT2D eigenvalue weighted by Crippen LogP contribution is 2.33. The van der Waals surface area contributed by atoms with Gasteiger partial charge in [-0.3, -0.25) is 4.79 Å². The van der Waals surface area contributed by atoms with Crippen LogP contribution in [0.4, 0.5) is 0 Å². The van der Waals surface area contributed by atoms with Gasteiger partial charge in [-0.15, -0.1) is 10.2 Å². The van der Waals surface area contributed by atoms with E-state index in [4.69, 9.17) is 21.1 Å². The first-order valence-corrected chi connectivity index (χ1v) is 8.05. The van der Waals surface area contributed by atoms with Crippen molar-refractivity contribution < 1.29 is 14.3 Å². The molecule has 0 spiro atoms. The summed E-state index contributed by atoms with van der Waals surface area (Å²) in [7, 11) is 1.53. The monoisotopic (exact) mass is 367 g/mol. The van der Waals surface area contributed by atoms with E-state index in [0.29, 0.717) is 23.1 Å². The zero-order chi connectivity index (χ0) is 18.4. The number of carbonyl (C=O) groups excluding carboxylic acids is 1. The quantitative estimate of drug-likeness (QED) is 0.777. The summed E-state index contributed by atoms with van der Waals surface area (Å²) in [5, 5.41) is 10.7. The standard InChI is InChI=1S/C16H22ClN5O3/c1-16(2,3)21-15(23)8-25-14-6-12(17)11(5-13(14)24-4)7-20-22-9-18-19-10-22/h5-6,9-10,20H,7-8H2,1-4H3,(H,21,23). The van der Waals surface area contributed by atoms with Gasteiger partial charge in [-0.05, 0) is 32.4 Å². The van der Waals surface area contributed by atoms with Crippen LogP contribution in [0.2, 0.25) is 5.02 Å². The van der Waals surface area contributed by atoms with Crippen LogP contribution >= 0.6 is 11.6 Å². The summed E-state index contributed by atoms with van der Waals surface area (Å²) >= 11 is 6.30. The number of ether oxygens (including phenoxy) is 2. The van der Waals surface area contributed by atoms with Gasteiger partial charge in [0, 0.05) is 16.6 Å². The lowest BCUT2D eigenvalue weighted by Crippen LogP contribution is -2.43. The molecule has 0 unspecified atom stereocenters. The molecule has 0 aliphatic carbocycles. The topological polar surface area (TPSA) is 90.3 Å². The number of benzene rings is 1. The molecular formula is C16H22ClN5O3. The van der Waals surface area contributed by atoms with Crippen LogP contribution in [0.5, 0.6) is 11.5 Å². The lowest BCUT2D eigenvalue weighted by atomic mass is 10.1. The van der Waals surface area contributed by atoms with Crippen molar-refractivity contribution in [3.05, 3.63) is 35.4 Å². The Balaban J connectivity index is 2.04. The number of hydrogen-bond donors (Lipinski definition) is 2. The zero-order valence-corrected chi connectivity index (χ0v) is 15.4. The smallest absolute Gasteiger partial charge is 0.258 e. The van der Waals surface area contributed by atoms with Gasteiger partial charge in [-0.2, -0.15) is 0 Å². The van der Waals surface area contributed by atoms with Gasteiger partial charge in [0.05, 0.1) is 13.7 Å². The van der Waals surface area contributed by atoms with E-state index in [1.165, 1.54) is 19.8 Å². The first kappa shape index (κ1) is 18.9. The second kappa shape index (κ2) is 8.06. The summed E-state index contributed by atoms with van der Waals surface area (Å²) < 4.78 is 12.5. The molecule has 1 aromatic heterocycles. The largest absolute Gasteiger partial charge is 0.493 e. The predicted octanol–water partition coefficient (Wildman–Crippen LogP) is 1.98. The first-order valence-electron chi connectivity index (χ1n) is 7.67. The number of hydrogen-bond acceptors (Lipinski definition) is 6. The van der Waals surface area contributed by atoms with Crippen molar-refractivity contribution >= 4 is 17.5 Å². The van der Waals surface area contributed by atoms with Gasteiger partial charge in [0.15, 0.2) is 18.1 Å². The Kier molecular flexibility index (Phi) is 6.08. The summed E-state index contributed by atoms with van der Waals surface area (Å²) in [6, 6.07) is 3.39. The SMILES string of the molecule is COc1cc(CNn2cnnc2)c(Cl)cc1OCC(=O)NC(C)(C)C. The summed E-state index contributed by atoms with van der Waals surface area (Å²) in [4.78, 5) is 11.9. The second-order valence-electron chi connectivity index (χ2n) is 6.39. The van der Waals surface area contributed by atoms with E-state index in [1.54, 1.807) is 16.8 Å². The summed E-state index contributed by atoms with van der Waals surface area (Å²) in [5.74, 6) is 0.683. The molecule has 0 aliphatic heterocycles. The number of nitrogens with zero attached hydrogens (tertiary/aromatic N) is 3. The van der Waals surface area contributed by atoms with E-state index in [9.17, 15) is 4.79 Å². The molecule has 1 amide bonds. The maximum Gasteiger partial charge on any atom is 0.258 e. The number of aromatic nitrogens is 3. The number of carbonyl (C=O) groups is 1. The highest BCUT2D eigenvalue weighted by atomic mass is 35.5. The molecule has 0 radical (unpaired) electrons. The first-order chi connectivity index (χ1) is 11.8. The second-order valence-corrected chi connectivity index (χ2v) is 6.79. The Hall–Kier alpha value is -2.48. The van der Waals surface area contributed by atoms with Crippen molar-refractivity contribution in [3.63, 3.8) is 0 Å². The molecule has 1 heterocycles. The van der Waals surface area contributed by atoms with Gasteiger partial charge < -0.3 is 20.2 Å². The van der Waals surface area contributed by atoms with Crippen molar-refractivity contribution in [1.82, 2.24) is 20.2 Å². The predicted molar refractivity (Wildman–Crippen MR) is 94.5 cm³/mol. The number of nitrogens with one attached hydrogen (secondary N) is 2. The molecular weight excluding hydrogens is 346 g/mol. The Morgan fingerprint density at radius 2 is 1.92 bits per heavy atom. The molecule has 1 aromatic carbocycles. The number of methoxy groups -OCH3 is 1. The molecule has 9 heteroatoms. The normalized spacial score (nSPS) is 11.1. The average Bonchev–Trinajstić information content (AvgIpc) is 3.03. The Morgan fingerprint density at radius 1 is 1.24 bits per heavy atom. The molecule has 25 heavy (non-hydrogen) atoms. The van der Waals surface area contributed by atoms with Crippen molar-refractivity contribution in [3.8, 4) is 11.5 Å². The zero-order valence-electron chi connectivity index (χ0n) is 14.7. The third kappa shape index (κ3) is 5.82. The van der Waals surface area contributed by atoms with Crippen LogP contribution in [0.3, 0.4) is 0 Å². The van der Waals surface area contributed by atoms with E-state index < -0.39 is 0 Å². The minimum absolute atomic E-state index is 0.123. The molecule has 2 N–H and O–H groups in total. The highest BCUT2D eigenvalue weighted by molar-refractivity contribution is 6.31. The van der Waals surface area contributed by atoms with Crippen molar-refractivity contribution in [1.29, 1.82) is 0 Å². The molecule has 0 saturated heterocycles. The van der Waals surface area contributed by atoms with Crippen LogP contribution in [0.15, 0.2) is 24.8 Å². The van der Waals surface area contributed by atoms with Gasteiger partial charge in [-0.1, -0.05) is 11.6 Å². The molecule has 8 nitrogen and oxygen atoms in total. The fourth-order valence-electron chi connectivity index (χ4n) is 2.04. The fraction of sp³-hybridized carbons (Fsp3) is 0.438. The molecule has 0 aliphatic rings. The van der Waals surface area contributed by atoms with Crippen LogP contribution in [0.25, 0.3) is 0 Å². The third-order valence-corrected chi connectivity index (χ3v) is 3.43. The summed E-state index contributed by atoms with van der Waals surface area (Å²) in [6.45, 7) is 6.03. The molecule has 0 saturated carbocycles. The van der Waals surface area contributed by atoms with E-state index in [2.05, 4.69) is 20.9 Å². The van der Waals surface area contributed by atoms with E-state index in [0.717, 1.165) is 5.56 Å². The molecule has 0 fully saturated rings. The minimum Gasteiger partial charge on any atom is -0.493 e. The Morgan fingerprint density at radius 3 is 2.52 bits per heavy atom. The van der Waals surface area contributed by atoms with Crippen molar-refractivity contribution in [2.75, 3.05) is 19.1 Å². The Labute approximate surface area is 151 Å². The van der Waals surface area contributed by atoms with Gasteiger partial charge >= 0.3 is 0 Å². The molecule has 0 bridgehead atoms. The van der Waals surface area contributed by atoms with Crippen molar-refractivity contribution in [2.45, 2.75) is 32.9 Å². The molecule has 136 valence electrons. The van der Waals surface area contributed by atoms with Gasteiger partial charge in [0.2, 0.25) is 0 Å². The highest BCUT2D eigenvalue weighted by Gasteiger charge is 2.16. The van der Waals surface area contributed by atoms with E-state index >= 15 is 0 Å². The van der Waals surface area contributed by atoms with Gasteiger partial charge in [-0.25, -0.2) is 4.68 Å². The van der Waals surface area contributed by atoms with Gasteiger partial charge in [0.1, 0.15) is 12.7 Å². The number of rotatable bonds is 7. The summed E-state index contributed by atoms with van der Waals surface area (Å²) in [5.41, 5.74) is 3.56. The lowest BCUT2D eigenvalue weighted by molar-refractivity contribution is -0.124. The minimum atomic E-state index is -0.320. The molecule has 0 atom stereocenters. The lowest BCUT2D eigenvalue weighted by Gasteiger charge is -2.21.